The minimum Gasteiger partial charge on any atom is -0.379 e. The number of morpholine rings is 1. The van der Waals surface area contributed by atoms with E-state index in [1.165, 1.54) is 0 Å². The van der Waals surface area contributed by atoms with Crippen molar-refractivity contribution in [2.45, 2.75) is 19.4 Å². The fourth-order valence-electron chi connectivity index (χ4n) is 3.46. The van der Waals surface area contributed by atoms with Gasteiger partial charge in [-0.15, -0.1) is 0 Å². The molecule has 7 nitrogen and oxygen atoms in total. The van der Waals surface area contributed by atoms with Crippen molar-refractivity contribution in [1.29, 1.82) is 0 Å². The number of anilines is 2. The lowest BCUT2D eigenvalue weighted by molar-refractivity contribution is -0.00569. The highest BCUT2D eigenvalue weighted by molar-refractivity contribution is 5.75. The molecule has 3 rings (SSSR count). The van der Waals surface area contributed by atoms with Gasteiger partial charge in [0.05, 0.1) is 13.2 Å². The number of nitrogens with zero attached hydrogens (tertiary/aromatic N) is 3. The Hall–Kier alpha value is -1.44. The van der Waals surface area contributed by atoms with Crippen LogP contribution >= 0.6 is 0 Å². The van der Waals surface area contributed by atoms with E-state index in [-0.39, 0.29) is 16.4 Å². The molecule has 1 aromatic rings. The van der Waals surface area contributed by atoms with E-state index >= 15 is 0 Å². The number of rotatable bonds is 5. The monoisotopic (exact) mass is 336 g/mol. The number of likely N-dealkylation sites (N-methyl/N-ethyl adjacent to an activating group) is 1. The molecule has 134 valence electrons. The van der Waals surface area contributed by atoms with Crippen LogP contribution in [0.2, 0.25) is 0 Å². The summed E-state index contributed by atoms with van der Waals surface area (Å²) in [6, 6.07) is 0. The van der Waals surface area contributed by atoms with Crippen LogP contribution in [0.15, 0.2) is 9.59 Å². The molecular formula is C17H28N4O3. The second kappa shape index (κ2) is 6.82. The van der Waals surface area contributed by atoms with E-state index in [9.17, 15) is 9.59 Å². The van der Waals surface area contributed by atoms with E-state index in [0.29, 0.717) is 17.9 Å². The summed E-state index contributed by atoms with van der Waals surface area (Å²) in [5.41, 5.74) is 0.285. The summed E-state index contributed by atoms with van der Waals surface area (Å²) in [4.78, 5) is 30.7. The topological polar surface area (TPSA) is 65.1 Å². The highest BCUT2D eigenvalue weighted by atomic mass is 16.5. The Bertz CT molecular complexity index is 637. The molecule has 2 fully saturated rings. The molecule has 2 aliphatic heterocycles. The second-order valence-electron chi connectivity index (χ2n) is 7.44. The molecular weight excluding hydrogens is 308 g/mol. The van der Waals surface area contributed by atoms with E-state index < -0.39 is 0 Å². The lowest BCUT2D eigenvalue weighted by atomic mass is 10.0. The fourth-order valence-corrected chi connectivity index (χ4v) is 3.46. The van der Waals surface area contributed by atoms with Gasteiger partial charge in [0.25, 0.3) is 10.9 Å². The molecule has 1 aromatic carbocycles. The van der Waals surface area contributed by atoms with Gasteiger partial charge in [0.15, 0.2) is 0 Å². The van der Waals surface area contributed by atoms with Crippen LogP contribution in [-0.2, 0) is 4.74 Å². The van der Waals surface area contributed by atoms with Gasteiger partial charge < -0.3 is 19.9 Å². The van der Waals surface area contributed by atoms with Gasteiger partial charge in [-0.1, -0.05) is 0 Å². The summed E-state index contributed by atoms with van der Waals surface area (Å²) >= 11 is 0. The Balaban J connectivity index is 1.66. The molecule has 0 aromatic heterocycles. The number of hydrogen-bond acceptors (Lipinski definition) is 7. The third kappa shape index (κ3) is 3.34. The summed E-state index contributed by atoms with van der Waals surface area (Å²) < 4.78 is 5.41. The van der Waals surface area contributed by atoms with E-state index in [0.717, 1.165) is 52.5 Å². The third-order valence-corrected chi connectivity index (χ3v) is 5.27. The van der Waals surface area contributed by atoms with Gasteiger partial charge in [-0.3, -0.25) is 14.5 Å². The Morgan fingerprint density at radius 3 is 2.25 bits per heavy atom. The molecule has 2 heterocycles. The summed E-state index contributed by atoms with van der Waals surface area (Å²) in [6.07, 6.45) is 0. The van der Waals surface area contributed by atoms with Crippen molar-refractivity contribution in [3.05, 3.63) is 20.4 Å². The molecule has 0 bridgehead atoms. The second-order valence-corrected chi connectivity index (χ2v) is 7.44. The van der Waals surface area contributed by atoms with Crippen molar-refractivity contribution >= 4 is 11.4 Å². The number of piperazine rings is 1. The normalized spacial score (nSPS) is 21.4. The zero-order valence-corrected chi connectivity index (χ0v) is 14.9. The van der Waals surface area contributed by atoms with Crippen LogP contribution in [0.3, 0.4) is 0 Å². The smallest absolute Gasteiger partial charge is 0.253 e. The summed E-state index contributed by atoms with van der Waals surface area (Å²) in [5.74, 6) is 0. The molecule has 0 aliphatic carbocycles. The fraction of sp³-hybridized carbons (Fsp3) is 0.765. The quantitative estimate of drug-likeness (QED) is 0.731. The van der Waals surface area contributed by atoms with Crippen LogP contribution in [0, 0.1) is 0 Å². The zero-order chi connectivity index (χ0) is 17.3. The highest BCUT2D eigenvalue weighted by Gasteiger charge is 2.32. The van der Waals surface area contributed by atoms with E-state index in [1.807, 2.05) is 4.90 Å². The van der Waals surface area contributed by atoms with Gasteiger partial charge in [0.1, 0.15) is 11.4 Å². The first-order valence-corrected chi connectivity index (χ1v) is 8.73. The first-order chi connectivity index (χ1) is 11.4. The van der Waals surface area contributed by atoms with Gasteiger partial charge in [0, 0.05) is 51.4 Å². The first kappa shape index (κ1) is 17.4. The predicted octanol–water partition coefficient (Wildman–Crippen LogP) is -0.443. The maximum absolute atomic E-state index is 12.0. The molecule has 0 atom stereocenters. The minimum absolute atomic E-state index is 0.0943. The van der Waals surface area contributed by atoms with Crippen LogP contribution in [0.1, 0.15) is 13.8 Å². The Morgan fingerprint density at radius 2 is 1.62 bits per heavy atom. The van der Waals surface area contributed by atoms with Crippen molar-refractivity contribution < 1.29 is 4.74 Å². The average Bonchev–Trinajstić information content (AvgIpc) is 2.59. The molecule has 0 unspecified atom stereocenters. The first-order valence-electron chi connectivity index (χ1n) is 8.73. The van der Waals surface area contributed by atoms with Crippen LogP contribution in [0.25, 0.3) is 0 Å². The lowest BCUT2D eigenvalue weighted by Gasteiger charge is -2.41. The van der Waals surface area contributed by atoms with Gasteiger partial charge in [-0.25, -0.2) is 0 Å². The third-order valence-electron chi connectivity index (χ3n) is 5.27. The molecule has 7 heteroatoms. The molecule has 24 heavy (non-hydrogen) atoms. The van der Waals surface area contributed by atoms with Crippen LogP contribution in [0.4, 0.5) is 11.4 Å². The largest absolute Gasteiger partial charge is 0.379 e. The van der Waals surface area contributed by atoms with Crippen molar-refractivity contribution in [3.63, 3.8) is 0 Å². The minimum atomic E-state index is -0.373. The van der Waals surface area contributed by atoms with Crippen molar-refractivity contribution in [3.8, 4) is 0 Å². The van der Waals surface area contributed by atoms with Crippen molar-refractivity contribution in [2.24, 2.45) is 0 Å². The van der Waals surface area contributed by atoms with Crippen LogP contribution in [0.5, 0.6) is 0 Å². The maximum Gasteiger partial charge on any atom is 0.253 e. The summed E-state index contributed by atoms with van der Waals surface area (Å²) in [5, 5.41) is 3.27. The molecule has 2 aliphatic rings. The summed E-state index contributed by atoms with van der Waals surface area (Å²) in [7, 11) is 2.07. The van der Waals surface area contributed by atoms with E-state index in [2.05, 4.69) is 36.0 Å². The number of nitrogens with one attached hydrogen (secondary N) is 1. The Kier molecular flexibility index (Phi) is 4.94. The van der Waals surface area contributed by atoms with Crippen molar-refractivity contribution in [2.75, 3.05) is 76.3 Å². The molecule has 0 saturated carbocycles. The molecule has 0 spiro atoms. The van der Waals surface area contributed by atoms with Crippen LogP contribution in [-0.4, -0.2) is 81.4 Å². The highest BCUT2D eigenvalue weighted by Crippen LogP contribution is 2.23. The van der Waals surface area contributed by atoms with Gasteiger partial charge in [0.2, 0.25) is 0 Å². The van der Waals surface area contributed by atoms with Crippen molar-refractivity contribution in [1.82, 2.24) is 9.80 Å². The zero-order valence-electron chi connectivity index (χ0n) is 14.9. The maximum atomic E-state index is 12.0. The SMILES string of the molecule is CN1CCN(c2c(NCC(C)(C)N3CCOCC3)c(=O)c2=O)CC1. The summed E-state index contributed by atoms with van der Waals surface area (Å²) in [6.45, 7) is 11.7. The lowest BCUT2D eigenvalue weighted by Crippen LogP contribution is -2.55. The molecule has 1 N–H and O–H groups in total. The number of hydrogen-bond donors (Lipinski definition) is 1. The molecule has 0 radical (unpaired) electrons. The van der Waals surface area contributed by atoms with Gasteiger partial charge in [-0.2, -0.15) is 0 Å². The number of ether oxygens (including phenoxy) is 1. The van der Waals surface area contributed by atoms with E-state index in [4.69, 9.17) is 4.74 Å². The van der Waals surface area contributed by atoms with E-state index in [1.54, 1.807) is 0 Å². The Morgan fingerprint density at radius 1 is 1.00 bits per heavy atom. The Labute approximate surface area is 142 Å². The standard InChI is InChI=1S/C17H28N4O3/c1-17(2,21-8-10-24-11-9-21)12-18-13-14(16(23)15(13)22)20-6-4-19(3)5-7-20/h18H,4-12H2,1-3H3. The molecule has 0 amide bonds. The van der Waals surface area contributed by atoms with Gasteiger partial charge in [-0.05, 0) is 20.9 Å². The van der Waals surface area contributed by atoms with Gasteiger partial charge >= 0.3 is 0 Å². The average molecular weight is 336 g/mol. The predicted molar refractivity (Wildman–Crippen MR) is 96.0 cm³/mol. The molecule has 2 saturated heterocycles. The van der Waals surface area contributed by atoms with Crippen LogP contribution < -0.4 is 21.1 Å².